The molecular formula is C13H19NO3S. The summed E-state index contributed by atoms with van der Waals surface area (Å²) in [6.45, 7) is 1.96. The Hall–Kier alpha value is -0.910. The number of benzene rings is 1. The quantitative estimate of drug-likeness (QED) is 0.831. The number of sulfone groups is 1. The van der Waals surface area contributed by atoms with Crippen LogP contribution >= 0.6 is 0 Å². The molecular weight excluding hydrogens is 250 g/mol. The molecule has 0 aliphatic heterocycles. The molecule has 2 rings (SSSR count). The summed E-state index contributed by atoms with van der Waals surface area (Å²) in [5.41, 5.74) is 7.06. The lowest BCUT2D eigenvalue weighted by atomic mass is 9.99. The van der Waals surface area contributed by atoms with Crippen LogP contribution in [0.3, 0.4) is 0 Å². The van der Waals surface area contributed by atoms with E-state index in [-0.39, 0.29) is 19.1 Å². The molecule has 1 aliphatic carbocycles. The van der Waals surface area contributed by atoms with Gasteiger partial charge in [0.2, 0.25) is 0 Å². The minimum Gasteiger partial charge on any atom is -0.396 e. The first-order chi connectivity index (χ1) is 8.36. The fraction of sp³-hybridized carbons (Fsp3) is 0.538. The predicted octanol–water partition coefficient (Wildman–Crippen LogP) is 0.443. The lowest BCUT2D eigenvalue weighted by Gasteiger charge is -2.11. The average Bonchev–Trinajstić information content (AvgIpc) is 3.00. The molecule has 0 amide bonds. The first kappa shape index (κ1) is 13.5. The molecule has 1 saturated carbocycles. The number of rotatable bonds is 4. The molecule has 5 heteroatoms. The molecule has 100 valence electrons. The average molecular weight is 269 g/mol. The molecule has 0 radical (unpaired) electrons. The molecule has 0 heterocycles. The van der Waals surface area contributed by atoms with Crippen LogP contribution in [0, 0.1) is 12.3 Å². The second kappa shape index (κ2) is 4.33. The van der Waals surface area contributed by atoms with Gasteiger partial charge in [-0.15, -0.1) is 0 Å². The summed E-state index contributed by atoms with van der Waals surface area (Å²) in [4.78, 5) is 0. The van der Waals surface area contributed by atoms with Crippen LogP contribution in [0.25, 0.3) is 0 Å². The second-order valence-corrected chi connectivity index (χ2v) is 7.40. The van der Waals surface area contributed by atoms with Crippen LogP contribution in [0.4, 0.5) is 0 Å². The Bertz CT molecular complexity index is 532. The molecule has 0 unspecified atom stereocenters. The molecule has 4 nitrogen and oxygen atoms in total. The number of hydrogen-bond donors (Lipinski definition) is 2. The minimum absolute atomic E-state index is 0.180. The van der Waals surface area contributed by atoms with Crippen molar-refractivity contribution in [2.45, 2.75) is 18.1 Å². The third kappa shape index (κ3) is 1.96. The van der Waals surface area contributed by atoms with Crippen LogP contribution < -0.4 is 5.73 Å². The van der Waals surface area contributed by atoms with Gasteiger partial charge in [0.25, 0.3) is 0 Å². The Kier molecular flexibility index (Phi) is 3.25. The van der Waals surface area contributed by atoms with Crippen molar-refractivity contribution in [3.05, 3.63) is 35.4 Å². The molecule has 1 aliphatic rings. The zero-order chi connectivity index (χ0) is 13.6. The van der Waals surface area contributed by atoms with Crippen LogP contribution in [0.15, 0.2) is 24.3 Å². The van der Waals surface area contributed by atoms with Gasteiger partial charge in [-0.05, 0) is 12.5 Å². The highest BCUT2D eigenvalue weighted by Crippen LogP contribution is 2.61. The van der Waals surface area contributed by atoms with Gasteiger partial charge in [0.1, 0.15) is 0 Å². The standard InChI is InChI=1S/C13H19NO3S/c1-9-3-5-10(6-4-9)11-12(18(2,16)17)13(11,7-14)8-15/h3-6,11-12,15H,7-8,14H2,1-2H3/t11-,12-,13+/m1/s1. The molecule has 0 aromatic heterocycles. The Labute approximate surface area is 108 Å². The number of hydrogen-bond acceptors (Lipinski definition) is 4. The largest absolute Gasteiger partial charge is 0.396 e. The van der Waals surface area contributed by atoms with Crippen molar-refractivity contribution in [3.63, 3.8) is 0 Å². The summed E-state index contributed by atoms with van der Waals surface area (Å²) < 4.78 is 23.6. The van der Waals surface area contributed by atoms with Gasteiger partial charge in [-0.1, -0.05) is 29.8 Å². The van der Waals surface area contributed by atoms with E-state index in [1.165, 1.54) is 6.26 Å². The lowest BCUT2D eigenvalue weighted by Crippen LogP contribution is -2.27. The topological polar surface area (TPSA) is 80.4 Å². The van der Waals surface area contributed by atoms with E-state index in [1.807, 2.05) is 31.2 Å². The van der Waals surface area contributed by atoms with Gasteiger partial charge in [0, 0.05) is 24.1 Å². The molecule has 1 aromatic rings. The zero-order valence-corrected chi connectivity index (χ0v) is 11.4. The van der Waals surface area contributed by atoms with E-state index in [1.54, 1.807) is 0 Å². The monoisotopic (exact) mass is 269 g/mol. The number of nitrogens with two attached hydrogens (primary N) is 1. The van der Waals surface area contributed by atoms with Gasteiger partial charge >= 0.3 is 0 Å². The number of aliphatic hydroxyl groups excluding tert-OH is 1. The Morgan fingerprint density at radius 1 is 1.33 bits per heavy atom. The highest BCUT2D eigenvalue weighted by Gasteiger charge is 2.68. The van der Waals surface area contributed by atoms with Crippen molar-refractivity contribution in [1.29, 1.82) is 0 Å². The van der Waals surface area contributed by atoms with Gasteiger partial charge < -0.3 is 10.8 Å². The number of aliphatic hydroxyl groups is 1. The molecule has 0 spiro atoms. The Balaban J connectivity index is 2.41. The highest BCUT2D eigenvalue weighted by molar-refractivity contribution is 7.91. The first-order valence-electron chi connectivity index (χ1n) is 5.93. The maximum Gasteiger partial charge on any atom is 0.151 e. The third-order valence-corrected chi connectivity index (χ3v) is 5.62. The molecule has 1 fully saturated rings. The van der Waals surface area contributed by atoms with E-state index < -0.39 is 20.5 Å². The second-order valence-electron chi connectivity index (χ2n) is 5.23. The highest BCUT2D eigenvalue weighted by atomic mass is 32.2. The van der Waals surface area contributed by atoms with Crippen molar-refractivity contribution in [2.24, 2.45) is 11.1 Å². The van der Waals surface area contributed by atoms with Crippen LogP contribution in [0.1, 0.15) is 17.0 Å². The maximum atomic E-state index is 11.8. The molecule has 0 bridgehead atoms. The van der Waals surface area contributed by atoms with Gasteiger partial charge in [0.05, 0.1) is 11.9 Å². The summed E-state index contributed by atoms with van der Waals surface area (Å²) in [7, 11) is -3.21. The Morgan fingerprint density at radius 3 is 2.22 bits per heavy atom. The normalized spacial score (nSPS) is 31.3. The SMILES string of the molecule is Cc1ccc([C@@H]2[C@@H](S(C)(=O)=O)[C@@]2(CN)CO)cc1. The fourth-order valence-corrected chi connectivity index (χ4v) is 4.92. The van der Waals surface area contributed by atoms with Crippen molar-refractivity contribution < 1.29 is 13.5 Å². The zero-order valence-electron chi connectivity index (χ0n) is 10.6. The van der Waals surface area contributed by atoms with E-state index in [0.29, 0.717) is 0 Å². The van der Waals surface area contributed by atoms with E-state index in [9.17, 15) is 13.5 Å². The van der Waals surface area contributed by atoms with Crippen LogP contribution in [0.2, 0.25) is 0 Å². The van der Waals surface area contributed by atoms with Crippen LogP contribution in [-0.2, 0) is 9.84 Å². The summed E-state index contributed by atoms with van der Waals surface area (Å²) in [5, 5.41) is 8.97. The van der Waals surface area contributed by atoms with Crippen molar-refractivity contribution in [2.75, 3.05) is 19.4 Å². The van der Waals surface area contributed by atoms with Gasteiger partial charge in [-0.2, -0.15) is 0 Å². The Morgan fingerprint density at radius 2 is 1.89 bits per heavy atom. The summed E-state index contributed by atoms with van der Waals surface area (Å²) in [6.07, 6.45) is 1.21. The van der Waals surface area contributed by atoms with E-state index in [4.69, 9.17) is 5.73 Å². The van der Waals surface area contributed by atoms with Gasteiger partial charge in [0.15, 0.2) is 9.84 Å². The van der Waals surface area contributed by atoms with Crippen molar-refractivity contribution in [3.8, 4) is 0 Å². The van der Waals surface area contributed by atoms with Crippen LogP contribution in [-0.4, -0.2) is 38.2 Å². The first-order valence-corrected chi connectivity index (χ1v) is 7.88. The van der Waals surface area contributed by atoms with E-state index in [2.05, 4.69) is 0 Å². The molecule has 3 atom stereocenters. The smallest absolute Gasteiger partial charge is 0.151 e. The van der Waals surface area contributed by atoms with E-state index in [0.717, 1.165) is 11.1 Å². The van der Waals surface area contributed by atoms with Gasteiger partial charge in [-0.25, -0.2) is 8.42 Å². The fourth-order valence-electron chi connectivity index (χ4n) is 2.90. The summed E-state index contributed by atoms with van der Waals surface area (Å²) >= 11 is 0. The molecule has 0 saturated heterocycles. The van der Waals surface area contributed by atoms with Crippen molar-refractivity contribution in [1.82, 2.24) is 0 Å². The summed E-state index contributed by atoms with van der Waals surface area (Å²) in [5.74, 6) is -0.192. The maximum absolute atomic E-state index is 11.8. The van der Waals surface area contributed by atoms with Gasteiger partial charge in [-0.3, -0.25) is 0 Å². The lowest BCUT2D eigenvalue weighted by molar-refractivity contribution is 0.212. The summed E-state index contributed by atoms with van der Waals surface area (Å²) in [6, 6.07) is 7.74. The third-order valence-electron chi connectivity index (χ3n) is 3.95. The predicted molar refractivity (Wildman–Crippen MR) is 71.1 cm³/mol. The molecule has 1 aromatic carbocycles. The molecule has 18 heavy (non-hydrogen) atoms. The molecule has 3 N–H and O–H groups in total. The number of aryl methyl sites for hydroxylation is 1. The van der Waals surface area contributed by atoms with Crippen LogP contribution in [0.5, 0.6) is 0 Å². The van der Waals surface area contributed by atoms with E-state index >= 15 is 0 Å². The minimum atomic E-state index is -3.21. The van der Waals surface area contributed by atoms with Crippen molar-refractivity contribution >= 4 is 9.84 Å².